The van der Waals surface area contributed by atoms with E-state index in [0.717, 1.165) is 52.8 Å². The minimum absolute atomic E-state index is 0.0642. The van der Waals surface area contributed by atoms with Crippen molar-refractivity contribution in [2.75, 3.05) is 0 Å². The molecule has 0 radical (unpaired) electrons. The summed E-state index contributed by atoms with van der Waals surface area (Å²) in [5.74, 6) is 0.484. The molecule has 9 heteroatoms. The lowest BCUT2D eigenvalue weighted by atomic mass is 10.00. The summed E-state index contributed by atoms with van der Waals surface area (Å²) in [6.07, 6.45) is 8.14. The fourth-order valence-electron chi connectivity index (χ4n) is 4.76. The fourth-order valence-corrected chi connectivity index (χ4v) is 4.76. The van der Waals surface area contributed by atoms with Gasteiger partial charge in [0.1, 0.15) is 0 Å². The first kappa shape index (κ1) is 25.0. The van der Waals surface area contributed by atoms with Crippen molar-refractivity contribution in [1.82, 2.24) is 34.7 Å². The predicted octanol–water partition coefficient (Wildman–Crippen LogP) is 4.78. The van der Waals surface area contributed by atoms with Gasteiger partial charge in [-0.3, -0.25) is 18.9 Å². The van der Waals surface area contributed by atoms with E-state index in [0.29, 0.717) is 23.6 Å². The summed E-state index contributed by atoms with van der Waals surface area (Å²) in [5, 5.41) is 14.2. The van der Waals surface area contributed by atoms with Crippen molar-refractivity contribution < 1.29 is 4.79 Å². The number of nitrogens with zero attached hydrogens (tertiary/aromatic N) is 6. The van der Waals surface area contributed by atoms with Crippen molar-refractivity contribution in [3.05, 3.63) is 100.0 Å². The maximum absolute atomic E-state index is 13.7. The predicted molar refractivity (Wildman–Crippen MR) is 145 cm³/mol. The minimum Gasteiger partial charge on any atom is -0.294 e. The van der Waals surface area contributed by atoms with Gasteiger partial charge in [-0.05, 0) is 71.5 Å². The van der Waals surface area contributed by atoms with Crippen LogP contribution in [0.4, 0.5) is 0 Å². The first-order valence-corrected chi connectivity index (χ1v) is 12.7. The van der Waals surface area contributed by atoms with E-state index in [2.05, 4.69) is 32.5 Å². The van der Waals surface area contributed by atoms with Gasteiger partial charge in [-0.25, -0.2) is 9.89 Å². The molecule has 0 amide bonds. The van der Waals surface area contributed by atoms with Crippen molar-refractivity contribution in [3.63, 3.8) is 0 Å². The fraction of sp³-hybridized carbons (Fsp3) is 0.241. The number of H-pyrrole nitrogens is 1. The summed E-state index contributed by atoms with van der Waals surface area (Å²) in [5.41, 5.74) is 6.64. The number of Topliss-reactive ketones (excluding diaryl/α,β-unsaturated/α-hetero) is 1. The summed E-state index contributed by atoms with van der Waals surface area (Å²) in [7, 11) is 0. The Morgan fingerprint density at radius 2 is 1.87 bits per heavy atom. The Balaban J connectivity index is 1.51. The molecule has 0 spiro atoms. The minimum atomic E-state index is -0.147. The van der Waals surface area contributed by atoms with Crippen molar-refractivity contribution >= 4 is 5.78 Å². The number of hydrogen-bond acceptors (Lipinski definition) is 6. The van der Waals surface area contributed by atoms with E-state index in [1.807, 2.05) is 60.2 Å². The number of unbranched alkanes of at least 4 members (excludes halogenated alkanes) is 1. The van der Waals surface area contributed by atoms with Crippen molar-refractivity contribution in [2.45, 2.75) is 46.6 Å². The van der Waals surface area contributed by atoms with Gasteiger partial charge in [0, 0.05) is 35.4 Å². The van der Waals surface area contributed by atoms with E-state index in [1.54, 1.807) is 23.0 Å². The van der Waals surface area contributed by atoms with Crippen LogP contribution in [0.25, 0.3) is 28.2 Å². The topological polar surface area (TPSA) is 111 Å². The van der Waals surface area contributed by atoms with Crippen LogP contribution in [0.5, 0.6) is 0 Å². The SMILES string of the molecule is CCCCc1cn(-c2c(C)cccc2C(C)=O)c(=O)n1Cc1ccc(-c2ccncc2-c2nnn[nH]2)cc1. The maximum Gasteiger partial charge on any atom is 0.333 e. The molecule has 9 nitrogen and oxygen atoms in total. The molecule has 192 valence electrons. The molecule has 0 bridgehead atoms. The van der Waals surface area contributed by atoms with Gasteiger partial charge in [-0.1, -0.05) is 49.7 Å². The average Bonchev–Trinajstić information content (AvgIpc) is 3.57. The summed E-state index contributed by atoms with van der Waals surface area (Å²) >= 11 is 0. The molecule has 0 aliphatic carbocycles. The first-order valence-electron chi connectivity index (χ1n) is 12.7. The van der Waals surface area contributed by atoms with E-state index in [4.69, 9.17) is 0 Å². The van der Waals surface area contributed by atoms with E-state index < -0.39 is 0 Å². The number of para-hydroxylation sites is 1. The molecule has 38 heavy (non-hydrogen) atoms. The Kier molecular flexibility index (Phi) is 7.08. The average molecular weight is 508 g/mol. The van der Waals surface area contributed by atoms with Crippen LogP contribution in [0, 0.1) is 6.92 Å². The number of rotatable bonds is 9. The Bertz CT molecular complexity index is 1630. The van der Waals surface area contributed by atoms with Gasteiger partial charge in [-0.15, -0.1) is 5.10 Å². The molecule has 5 rings (SSSR count). The second-order valence-electron chi connectivity index (χ2n) is 9.36. The van der Waals surface area contributed by atoms with Crippen LogP contribution in [-0.2, 0) is 13.0 Å². The molecule has 2 aromatic carbocycles. The highest BCUT2D eigenvalue weighted by Gasteiger charge is 2.19. The molecular weight excluding hydrogens is 478 g/mol. The van der Waals surface area contributed by atoms with Crippen LogP contribution in [0.1, 0.15) is 53.9 Å². The Morgan fingerprint density at radius 3 is 2.58 bits per heavy atom. The normalized spacial score (nSPS) is 11.1. The second kappa shape index (κ2) is 10.8. The third kappa shape index (κ3) is 4.82. The summed E-state index contributed by atoms with van der Waals surface area (Å²) < 4.78 is 3.46. The highest BCUT2D eigenvalue weighted by atomic mass is 16.2. The number of nitrogens with one attached hydrogen (secondary N) is 1. The Hall–Kier alpha value is -4.66. The maximum atomic E-state index is 13.7. The van der Waals surface area contributed by atoms with Gasteiger partial charge in [0.05, 0.1) is 12.2 Å². The van der Waals surface area contributed by atoms with Crippen LogP contribution in [0.2, 0.25) is 0 Å². The third-order valence-corrected chi connectivity index (χ3v) is 6.73. The van der Waals surface area contributed by atoms with Gasteiger partial charge < -0.3 is 0 Å². The molecule has 5 aromatic rings. The third-order valence-electron chi connectivity index (χ3n) is 6.73. The van der Waals surface area contributed by atoms with Crippen LogP contribution in [0.15, 0.2) is 71.9 Å². The van der Waals surface area contributed by atoms with Gasteiger partial charge >= 0.3 is 5.69 Å². The molecule has 0 unspecified atom stereocenters. The molecule has 3 aromatic heterocycles. The lowest BCUT2D eigenvalue weighted by Crippen LogP contribution is -2.26. The zero-order valence-corrected chi connectivity index (χ0v) is 21.7. The van der Waals surface area contributed by atoms with Crippen LogP contribution in [-0.4, -0.2) is 40.5 Å². The summed E-state index contributed by atoms with van der Waals surface area (Å²) in [4.78, 5) is 30.3. The quantitative estimate of drug-likeness (QED) is 0.287. The smallest absolute Gasteiger partial charge is 0.294 e. The number of pyridine rings is 1. The lowest BCUT2D eigenvalue weighted by Gasteiger charge is -2.11. The van der Waals surface area contributed by atoms with Crippen LogP contribution >= 0.6 is 0 Å². The molecule has 0 saturated heterocycles. The molecular formula is C29H29N7O2. The van der Waals surface area contributed by atoms with E-state index >= 15 is 0 Å². The second-order valence-corrected chi connectivity index (χ2v) is 9.36. The van der Waals surface area contributed by atoms with E-state index in [1.165, 1.54) is 6.92 Å². The number of imidazole rings is 1. The van der Waals surface area contributed by atoms with Crippen LogP contribution < -0.4 is 5.69 Å². The number of ketones is 1. The highest BCUT2D eigenvalue weighted by Crippen LogP contribution is 2.29. The standard InChI is InChI=1S/C29H29N7O2/c1-4-5-8-23-18-36(27-19(2)7-6-9-24(27)20(3)37)29(38)35(23)17-21-10-12-22(13-11-21)25-14-15-30-16-26(25)28-31-33-34-32-28/h6-7,9-16,18H,4-5,8,17H2,1-3H3,(H,31,32,33,34). The van der Waals surface area contributed by atoms with Gasteiger partial charge in [-0.2, -0.15) is 0 Å². The van der Waals surface area contributed by atoms with Gasteiger partial charge in [0.2, 0.25) is 0 Å². The largest absolute Gasteiger partial charge is 0.333 e. The molecule has 0 fully saturated rings. The number of carbonyl (C=O) groups is 1. The molecule has 0 saturated carbocycles. The first-order chi connectivity index (χ1) is 18.5. The van der Waals surface area contributed by atoms with Gasteiger partial charge in [0.15, 0.2) is 11.6 Å². The van der Waals surface area contributed by atoms with Crippen molar-refractivity contribution in [2.24, 2.45) is 0 Å². The molecule has 0 atom stereocenters. The number of hydrogen-bond donors (Lipinski definition) is 1. The number of aromatic amines is 1. The Labute approximate surface area is 220 Å². The molecule has 3 heterocycles. The lowest BCUT2D eigenvalue weighted by molar-refractivity contribution is 0.101. The van der Waals surface area contributed by atoms with Crippen molar-refractivity contribution in [1.29, 1.82) is 0 Å². The number of aryl methyl sites for hydroxylation is 2. The van der Waals surface area contributed by atoms with Crippen molar-refractivity contribution in [3.8, 4) is 28.2 Å². The number of tetrazole rings is 1. The number of benzene rings is 2. The Morgan fingerprint density at radius 1 is 1.05 bits per heavy atom. The zero-order chi connectivity index (χ0) is 26.6. The number of aromatic nitrogens is 7. The van der Waals surface area contributed by atoms with E-state index in [-0.39, 0.29) is 11.5 Å². The molecule has 0 aliphatic rings. The highest BCUT2D eigenvalue weighted by molar-refractivity contribution is 5.98. The zero-order valence-electron chi connectivity index (χ0n) is 21.7. The molecule has 0 aliphatic heterocycles. The summed E-state index contributed by atoms with van der Waals surface area (Å²) in [6, 6.07) is 15.6. The summed E-state index contributed by atoms with van der Waals surface area (Å²) in [6.45, 7) is 6.03. The van der Waals surface area contributed by atoms with E-state index in [9.17, 15) is 9.59 Å². The van der Waals surface area contributed by atoms with Crippen LogP contribution in [0.3, 0.4) is 0 Å². The monoisotopic (exact) mass is 507 g/mol. The number of carbonyl (C=O) groups excluding carboxylic acids is 1. The molecule has 1 N–H and O–H groups in total. The van der Waals surface area contributed by atoms with Gasteiger partial charge in [0.25, 0.3) is 0 Å².